The number of halogens is 3. The largest absolute Gasteiger partial charge is 0.416 e. The van der Waals surface area contributed by atoms with E-state index in [0.29, 0.717) is 30.2 Å². The molecule has 1 amide bonds. The van der Waals surface area contributed by atoms with Crippen LogP contribution in [-0.4, -0.2) is 49.9 Å². The summed E-state index contributed by atoms with van der Waals surface area (Å²) in [4.78, 5) is 31.6. The zero-order valence-electron chi connectivity index (χ0n) is 24.6. The summed E-state index contributed by atoms with van der Waals surface area (Å²) >= 11 is 0. The molecule has 1 saturated heterocycles. The first-order chi connectivity index (χ1) is 21.0. The molecule has 4 aromatic heterocycles. The molecule has 0 saturated carbocycles. The van der Waals surface area contributed by atoms with Crippen LogP contribution in [0.1, 0.15) is 45.6 Å². The molecule has 44 heavy (non-hydrogen) atoms. The number of carbonyl (C=O) groups excluding carboxylic acids is 1. The van der Waals surface area contributed by atoms with Crippen molar-refractivity contribution in [3.05, 3.63) is 94.9 Å². The van der Waals surface area contributed by atoms with E-state index in [2.05, 4.69) is 37.5 Å². The van der Waals surface area contributed by atoms with Crippen molar-refractivity contribution in [2.24, 2.45) is 0 Å². The molecule has 226 valence electrons. The standard InChI is InChI=1S/C33H32F3N7O/c1-19-14-28(41-31(15-19)42-30-17-24(8-11-37-30)33(34,35)36)23-5-7-29(38-18-23)40-25-9-12-43(13-10-25)32(44)22-4-6-27-26(16-22)20(2)21(3)39-27/h4-8,11,14-18,25,39H,9-10,12-13H2,1-3H3,(H,38,40)(H,37,41,42). The van der Waals surface area contributed by atoms with Gasteiger partial charge in [0.2, 0.25) is 0 Å². The number of pyridine rings is 3. The van der Waals surface area contributed by atoms with Crippen molar-refractivity contribution in [3.8, 4) is 11.3 Å². The number of nitrogens with zero attached hydrogens (tertiary/aromatic N) is 4. The number of benzene rings is 1. The first kappa shape index (κ1) is 29.2. The third-order valence-corrected chi connectivity index (χ3v) is 8.06. The summed E-state index contributed by atoms with van der Waals surface area (Å²) in [5.41, 5.74) is 5.52. The highest BCUT2D eigenvalue weighted by Gasteiger charge is 2.31. The van der Waals surface area contributed by atoms with E-state index in [1.165, 1.54) is 5.56 Å². The van der Waals surface area contributed by atoms with Crippen LogP contribution in [0, 0.1) is 20.8 Å². The van der Waals surface area contributed by atoms with Gasteiger partial charge in [0, 0.05) is 59.2 Å². The van der Waals surface area contributed by atoms with E-state index in [9.17, 15) is 18.0 Å². The zero-order chi connectivity index (χ0) is 31.0. The number of piperidine rings is 1. The fraction of sp³-hybridized carbons (Fsp3) is 0.273. The van der Waals surface area contributed by atoms with Crippen LogP contribution >= 0.6 is 0 Å². The van der Waals surface area contributed by atoms with Gasteiger partial charge in [-0.15, -0.1) is 0 Å². The topological polar surface area (TPSA) is 98.8 Å². The number of aryl methyl sites for hydroxylation is 3. The van der Waals surface area contributed by atoms with Crippen LogP contribution in [0.4, 0.5) is 30.6 Å². The lowest BCUT2D eigenvalue weighted by molar-refractivity contribution is -0.137. The summed E-state index contributed by atoms with van der Waals surface area (Å²) in [6, 6.07) is 15.3. The predicted octanol–water partition coefficient (Wildman–Crippen LogP) is 7.42. The van der Waals surface area contributed by atoms with Gasteiger partial charge in [-0.1, -0.05) is 0 Å². The van der Waals surface area contributed by atoms with Gasteiger partial charge in [-0.2, -0.15) is 13.2 Å². The van der Waals surface area contributed by atoms with Gasteiger partial charge < -0.3 is 20.5 Å². The second-order valence-corrected chi connectivity index (χ2v) is 11.2. The lowest BCUT2D eigenvalue weighted by atomic mass is 10.0. The highest BCUT2D eigenvalue weighted by molar-refractivity contribution is 5.99. The monoisotopic (exact) mass is 599 g/mol. The second kappa shape index (κ2) is 11.6. The molecule has 11 heteroatoms. The van der Waals surface area contributed by atoms with Crippen LogP contribution in [0.3, 0.4) is 0 Å². The first-order valence-corrected chi connectivity index (χ1v) is 14.4. The van der Waals surface area contributed by atoms with Gasteiger partial charge in [0.15, 0.2) is 0 Å². The fourth-order valence-electron chi connectivity index (χ4n) is 5.53. The molecule has 5 aromatic rings. The number of rotatable bonds is 6. The maximum absolute atomic E-state index is 13.2. The summed E-state index contributed by atoms with van der Waals surface area (Å²) in [5, 5.41) is 7.45. The normalized spacial score (nSPS) is 14.2. The Morgan fingerprint density at radius 1 is 0.932 bits per heavy atom. The Kier molecular flexibility index (Phi) is 7.71. The second-order valence-electron chi connectivity index (χ2n) is 11.2. The zero-order valence-corrected chi connectivity index (χ0v) is 24.6. The van der Waals surface area contributed by atoms with Gasteiger partial charge >= 0.3 is 6.18 Å². The number of likely N-dealkylation sites (tertiary alicyclic amines) is 1. The number of hydrogen-bond acceptors (Lipinski definition) is 6. The molecular formula is C33H32F3N7O. The van der Waals surface area contributed by atoms with Crippen LogP contribution < -0.4 is 10.6 Å². The highest BCUT2D eigenvalue weighted by Crippen LogP contribution is 2.31. The Labute approximate surface area is 252 Å². The number of hydrogen-bond donors (Lipinski definition) is 3. The summed E-state index contributed by atoms with van der Waals surface area (Å²) in [6.45, 7) is 7.30. The molecule has 3 N–H and O–H groups in total. The van der Waals surface area contributed by atoms with E-state index in [-0.39, 0.29) is 17.8 Å². The molecule has 5 heterocycles. The van der Waals surface area contributed by atoms with Gasteiger partial charge in [-0.25, -0.2) is 15.0 Å². The van der Waals surface area contributed by atoms with E-state index < -0.39 is 11.7 Å². The van der Waals surface area contributed by atoms with E-state index in [1.54, 1.807) is 12.3 Å². The molecule has 0 unspecified atom stereocenters. The van der Waals surface area contributed by atoms with Crippen LogP contribution in [0.2, 0.25) is 0 Å². The molecule has 0 atom stereocenters. The molecule has 0 aliphatic carbocycles. The van der Waals surface area contributed by atoms with Crippen molar-refractivity contribution in [1.29, 1.82) is 0 Å². The van der Waals surface area contributed by atoms with Crippen molar-refractivity contribution in [2.45, 2.75) is 45.8 Å². The molecular weight excluding hydrogens is 567 g/mol. The number of H-pyrrole nitrogens is 1. The number of aromatic nitrogens is 4. The molecule has 1 fully saturated rings. The molecule has 0 bridgehead atoms. The van der Waals surface area contributed by atoms with Gasteiger partial charge in [0.05, 0.1) is 11.3 Å². The van der Waals surface area contributed by atoms with E-state index in [0.717, 1.165) is 64.7 Å². The van der Waals surface area contributed by atoms with Gasteiger partial charge in [0.1, 0.15) is 17.5 Å². The first-order valence-electron chi connectivity index (χ1n) is 14.4. The van der Waals surface area contributed by atoms with E-state index in [4.69, 9.17) is 0 Å². The fourth-order valence-corrected chi connectivity index (χ4v) is 5.53. The SMILES string of the molecule is Cc1cc(Nc2cc(C(F)(F)F)ccn2)nc(-c2ccc(NC3CCN(C(=O)c4ccc5[nH]c(C)c(C)c5c4)CC3)nc2)c1. The van der Waals surface area contributed by atoms with Gasteiger partial charge in [0.25, 0.3) is 5.91 Å². The Morgan fingerprint density at radius 3 is 2.45 bits per heavy atom. The number of alkyl halides is 3. The lowest BCUT2D eigenvalue weighted by Crippen LogP contribution is -2.42. The predicted molar refractivity (Wildman–Crippen MR) is 165 cm³/mol. The quantitative estimate of drug-likeness (QED) is 0.188. The van der Waals surface area contributed by atoms with E-state index in [1.807, 2.05) is 55.1 Å². The lowest BCUT2D eigenvalue weighted by Gasteiger charge is -2.32. The highest BCUT2D eigenvalue weighted by atomic mass is 19.4. The maximum Gasteiger partial charge on any atom is 0.416 e. The summed E-state index contributed by atoms with van der Waals surface area (Å²) in [6.07, 6.45) is -0.0206. The molecule has 1 aliphatic rings. The number of anilines is 3. The molecule has 1 aliphatic heterocycles. The maximum atomic E-state index is 13.2. The number of carbonyl (C=O) groups is 1. The van der Waals surface area contributed by atoms with Gasteiger partial charge in [-0.05, 0) is 99.3 Å². The Morgan fingerprint density at radius 2 is 1.73 bits per heavy atom. The summed E-state index contributed by atoms with van der Waals surface area (Å²) < 4.78 is 39.3. The molecule has 8 nitrogen and oxygen atoms in total. The summed E-state index contributed by atoms with van der Waals surface area (Å²) in [5.74, 6) is 1.21. The van der Waals surface area contributed by atoms with Gasteiger partial charge in [-0.3, -0.25) is 4.79 Å². The number of aromatic amines is 1. The minimum Gasteiger partial charge on any atom is -0.367 e. The average molecular weight is 600 g/mol. The average Bonchev–Trinajstić information content (AvgIpc) is 3.29. The van der Waals surface area contributed by atoms with Crippen molar-refractivity contribution in [2.75, 3.05) is 23.7 Å². The number of fused-ring (bicyclic) bond motifs is 1. The Bertz CT molecular complexity index is 1820. The van der Waals surface area contributed by atoms with E-state index >= 15 is 0 Å². The van der Waals surface area contributed by atoms with Crippen molar-refractivity contribution in [1.82, 2.24) is 24.8 Å². The minimum atomic E-state index is -4.46. The molecule has 6 rings (SSSR count). The van der Waals surface area contributed by atoms with Crippen molar-refractivity contribution < 1.29 is 18.0 Å². The van der Waals surface area contributed by atoms with Crippen LogP contribution in [0.25, 0.3) is 22.2 Å². The minimum absolute atomic E-state index is 0.0504. The third kappa shape index (κ3) is 6.22. The Balaban J connectivity index is 1.07. The Hall–Kier alpha value is -4.93. The van der Waals surface area contributed by atoms with Crippen molar-refractivity contribution >= 4 is 34.3 Å². The van der Waals surface area contributed by atoms with Crippen molar-refractivity contribution in [3.63, 3.8) is 0 Å². The molecule has 0 radical (unpaired) electrons. The number of nitrogens with one attached hydrogen (secondary N) is 3. The van der Waals surface area contributed by atoms with Crippen LogP contribution in [0.5, 0.6) is 0 Å². The summed E-state index contributed by atoms with van der Waals surface area (Å²) in [7, 11) is 0. The number of amides is 1. The molecule has 1 aromatic carbocycles. The van der Waals surface area contributed by atoms with Crippen LogP contribution in [0.15, 0.2) is 67.0 Å². The third-order valence-electron chi connectivity index (χ3n) is 8.06. The smallest absolute Gasteiger partial charge is 0.367 e. The molecule has 0 spiro atoms. The van der Waals surface area contributed by atoms with Crippen LogP contribution in [-0.2, 0) is 6.18 Å².